The van der Waals surface area contributed by atoms with Crippen LogP contribution in [0.5, 0.6) is 0 Å². The molecule has 104 valence electrons. The molecule has 20 heavy (non-hydrogen) atoms. The fourth-order valence-electron chi connectivity index (χ4n) is 1.72. The van der Waals surface area contributed by atoms with Gasteiger partial charge in [0.25, 0.3) is 0 Å². The van der Waals surface area contributed by atoms with Crippen molar-refractivity contribution in [1.82, 2.24) is 5.16 Å². The van der Waals surface area contributed by atoms with Gasteiger partial charge in [0, 0.05) is 5.69 Å². The van der Waals surface area contributed by atoms with E-state index in [1.54, 1.807) is 24.3 Å². The largest absolute Gasteiger partial charge is 0.351 e. The first-order valence-electron chi connectivity index (χ1n) is 6.30. The second-order valence-corrected chi connectivity index (χ2v) is 3.78. The Balaban J connectivity index is 0.000000704. The van der Waals surface area contributed by atoms with Gasteiger partial charge in [0.05, 0.1) is 5.39 Å². The molecule has 2 aromatic carbocycles. The number of rotatable bonds is 2. The number of aromatic nitrogens is 1. The van der Waals surface area contributed by atoms with Crippen LogP contribution in [0.15, 0.2) is 47.0 Å². The van der Waals surface area contributed by atoms with Gasteiger partial charge in [0.1, 0.15) is 5.82 Å². The lowest BCUT2D eigenvalue weighted by Gasteiger charge is -2.02. The van der Waals surface area contributed by atoms with Gasteiger partial charge >= 0.3 is 0 Å². The molecule has 1 N–H and O–H groups in total. The third-order valence-electron chi connectivity index (χ3n) is 2.54. The van der Waals surface area contributed by atoms with E-state index in [-0.39, 0.29) is 11.4 Å². The fourth-order valence-corrected chi connectivity index (χ4v) is 1.72. The Morgan fingerprint density at radius 2 is 1.80 bits per heavy atom. The van der Waals surface area contributed by atoms with E-state index in [1.807, 2.05) is 13.8 Å². The molecule has 0 aliphatic carbocycles. The van der Waals surface area contributed by atoms with E-state index in [1.165, 1.54) is 18.2 Å². The van der Waals surface area contributed by atoms with Gasteiger partial charge in [-0.2, -0.15) is 0 Å². The van der Waals surface area contributed by atoms with E-state index in [0.717, 1.165) is 0 Å². The Hall–Kier alpha value is -2.43. The first-order valence-corrected chi connectivity index (χ1v) is 6.30. The molecule has 0 bridgehead atoms. The van der Waals surface area contributed by atoms with Gasteiger partial charge in [0.15, 0.2) is 11.6 Å². The molecule has 0 saturated carbocycles. The maximum Gasteiger partial charge on any atom is 0.204 e. The van der Waals surface area contributed by atoms with Crippen molar-refractivity contribution in [2.45, 2.75) is 13.8 Å². The first kappa shape index (κ1) is 14.0. The molecule has 1 heterocycles. The molecule has 0 unspecified atom stereocenters. The summed E-state index contributed by atoms with van der Waals surface area (Å²) < 4.78 is 31.3. The van der Waals surface area contributed by atoms with Gasteiger partial charge < -0.3 is 9.84 Å². The molecular weight excluding hydrogens is 262 g/mol. The summed E-state index contributed by atoms with van der Waals surface area (Å²) in [5.74, 6) is -0.485. The van der Waals surface area contributed by atoms with Crippen LogP contribution < -0.4 is 5.32 Å². The van der Waals surface area contributed by atoms with Crippen LogP contribution in [0.25, 0.3) is 11.0 Å². The summed E-state index contributed by atoms with van der Waals surface area (Å²) >= 11 is 0. The molecule has 0 saturated heterocycles. The highest BCUT2D eigenvalue weighted by Gasteiger charge is 2.11. The van der Waals surface area contributed by atoms with Crippen molar-refractivity contribution in [3.05, 3.63) is 54.1 Å². The summed E-state index contributed by atoms with van der Waals surface area (Å²) in [5, 5.41) is 7.13. The quantitative estimate of drug-likeness (QED) is 0.725. The van der Waals surface area contributed by atoms with E-state index < -0.39 is 5.82 Å². The van der Waals surface area contributed by atoms with Crippen LogP contribution >= 0.6 is 0 Å². The molecule has 0 aliphatic heterocycles. The fraction of sp³-hybridized carbons (Fsp3) is 0.133. The molecule has 0 spiro atoms. The smallest absolute Gasteiger partial charge is 0.204 e. The van der Waals surface area contributed by atoms with Crippen LogP contribution in [0.2, 0.25) is 0 Å². The van der Waals surface area contributed by atoms with Gasteiger partial charge in [-0.25, -0.2) is 8.78 Å². The molecule has 3 aromatic rings. The molecule has 0 atom stereocenters. The van der Waals surface area contributed by atoms with Crippen LogP contribution in [0.4, 0.5) is 20.3 Å². The van der Waals surface area contributed by atoms with E-state index in [9.17, 15) is 8.78 Å². The Kier molecular flexibility index (Phi) is 4.30. The molecule has 0 amide bonds. The van der Waals surface area contributed by atoms with Gasteiger partial charge in [0.2, 0.25) is 5.58 Å². The van der Waals surface area contributed by atoms with E-state index in [2.05, 4.69) is 10.5 Å². The van der Waals surface area contributed by atoms with Gasteiger partial charge in [-0.3, -0.25) is 0 Å². The maximum absolute atomic E-state index is 13.4. The van der Waals surface area contributed by atoms with Crippen molar-refractivity contribution >= 4 is 22.5 Å². The highest BCUT2D eigenvalue weighted by molar-refractivity contribution is 5.90. The van der Waals surface area contributed by atoms with Crippen molar-refractivity contribution in [2.75, 3.05) is 5.32 Å². The van der Waals surface area contributed by atoms with E-state index >= 15 is 0 Å². The molecule has 0 fully saturated rings. The average Bonchev–Trinajstić information content (AvgIpc) is 2.86. The lowest BCUT2D eigenvalue weighted by atomic mass is 10.2. The molecule has 3 nitrogen and oxygen atoms in total. The molecule has 0 radical (unpaired) electrons. The zero-order chi connectivity index (χ0) is 14.5. The maximum atomic E-state index is 13.4. The number of anilines is 2. The van der Waals surface area contributed by atoms with Crippen LogP contribution in [0, 0.1) is 11.6 Å². The summed E-state index contributed by atoms with van der Waals surface area (Å²) in [4.78, 5) is 0. The van der Waals surface area contributed by atoms with E-state index in [4.69, 9.17) is 4.52 Å². The zero-order valence-corrected chi connectivity index (χ0v) is 11.2. The number of fused-ring (bicyclic) bond motifs is 1. The zero-order valence-electron chi connectivity index (χ0n) is 11.2. The van der Waals surface area contributed by atoms with Gasteiger partial charge in [-0.1, -0.05) is 31.1 Å². The summed E-state index contributed by atoms with van der Waals surface area (Å²) in [7, 11) is 0. The van der Waals surface area contributed by atoms with Crippen molar-refractivity contribution in [3.8, 4) is 0 Å². The van der Waals surface area contributed by atoms with Crippen molar-refractivity contribution < 1.29 is 13.3 Å². The van der Waals surface area contributed by atoms with Crippen LogP contribution in [0.1, 0.15) is 13.8 Å². The lowest BCUT2D eigenvalue weighted by molar-refractivity contribution is 0.443. The summed E-state index contributed by atoms with van der Waals surface area (Å²) in [5.41, 5.74) is 0.603. The monoisotopic (exact) mass is 276 g/mol. The Morgan fingerprint density at radius 3 is 2.55 bits per heavy atom. The number of nitrogens with zero attached hydrogens (tertiary/aromatic N) is 1. The molecule has 3 rings (SSSR count). The topological polar surface area (TPSA) is 38.1 Å². The Morgan fingerprint density at radius 1 is 1.05 bits per heavy atom. The van der Waals surface area contributed by atoms with Crippen LogP contribution in [-0.4, -0.2) is 5.16 Å². The van der Waals surface area contributed by atoms with Gasteiger partial charge in [-0.05, 0) is 30.3 Å². The lowest BCUT2D eigenvalue weighted by Crippen LogP contribution is -1.91. The third kappa shape index (κ3) is 2.77. The molecule has 1 aromatic heterocycles. The SMILES string of the molecule is CC.Fc1cccc(Nc2noc3c(F)cccc23)c1. The number of hydrogen-bond donors (Lipinski definition) is 1. The number of halogens is 2. The predicted octanol–water partition coefficient (Wildman–Crippen LogP) is 4.88. The Labute approximate surface area is 115 Å². The van der Waals surface area contributed by atoms with Crippen LogP contribution in [0.3, 0.4) is 0 Å². The minimum absolute atomic E-state index is 0.0800. The normalized spacial score (nSPS) is 10.0. The molecule has 0 aliphatic rings. The minimum atomic E-state index is -0.479. The predicted molar refractivity (Wildman–Crippen MR) is 75.0 cm³/mol. The number of hydrogen-bond acceptors (Lipinski definition) is 3. The summed E-state index contributed by atoms with van der Waals surface area (Å²) in [6.07, 6.45) is 0. The first-order chi connectivity index (χ1) is 9.74. The number of nitrogens with one attached hydrogen (secondary N) is 1. The summed E-state index contributed by atoms with van der Waals surface area (Å²) in [6.45, 7) is 4.00. The van der Waals surface area contributed by atoms with E-state index in [0.29, 0.717) is 16.9 Å². The average molecular weight is 276 g/mol. The van der Waals surface area contributed by atoms with Crippen molar-refractivity contribution in [3.63, 3.8) is 0 Å². The number of para-hydroxylation sites is 1. The number of benzene rings is 2. The second kappa shape index (κ2) is 6.14. The standard InChI is InChI=1S/C13H8F2N2O.C2H6/c14-8-3-1-4-9(7-8)16-13-10-5-2-6-11(15)12(10)18-17-13;1-2/h1-7H,(H,16,17);1-2H3. The van der Waals surface area contributed by atoms with Crippen LogP contribution in [-0.2, 0) is 0 Å². The second-order valence-electron chi connectivity index (χ2n) is 3.78. The highest BCUT2D eigenvalue weighted by Crippen LogP contribution is 2.27. The van der Waals surface area contributed by atoms with Gasteiger partial charge in [-0.15, -0.1) is 0 Å². The summed E-state index contributed by atoms with van der Waals surface area (Å²) in [6, 6.07) is 10.4. The van der Waals surface area contributed by atoms with Crippen molar-refractivity contribution in [1.29, 1.82) is 0 Å². The Bertz CT molecular complexity index is 710. The molecular formula is C15H14F2N2O. The molecule has 5 heteroatoms. The van der Waals surface area contributed by atoms with Crippen molar-refractivity contribution in [2.24, 2.45) is 0 Å². The highest BCUT2D eigenvalue weighted by atomic mass is 19.1. The minimum Gasteiger partial charge on any atom is -0.351 e. The third-order valence-corrected chi connectivity index (χ3v) is 2.54.